The molecule has 0 amide bonds. The molecule has 12 heavy (non-hydrogen) atoms. The lowest BCUT2D eigenvalue weighted by molar-refractivity contribution is -0.141. The minimum atomic E-state index is -4.33. The Labute approximate surface area is 68.0 Å². The Morgan fingerprint density at radius 3 is 2.33 bits per heavy atom. The zero-order valence-electron chi connectivity index (χ0n) is 6.81. The van der Waals surface area contributed by atoms with Crippen LogP contribution in [0.15, 0.2) is 6.07 Å². The van der Waals surface area contributed by atoms with Gasteiger partial charge in [0.25, 0.3) is 0 Å². The molecule has 0 unspecified atom stereocenters. The Bertz CT molecular complexity index is 275. The van der Waals surface area contributed by atoms with Crippen LogP contribution in [0.1, 0.15) is 18.3 Å². The lowest BCUT2D eigenvalue weighted by atomic mass is 10.4. The Hall–Kier alpha value is -1.00. The van der Waals surface area contributed by atoms with Crippen LogP contribution >= 0.6 is 0 Å². The van der Waals surface area contributed by atoms with Crippen molar-refractivity contribution in [3.8, 4) is 0 Å². The van der Waals surface area contributed by atoms with Crippen LogP contribution in [0.2, 0.25) is 0 Å². The Kier molecular flexibility index (Phi) is 2.12. The number of hydrogen-bond donors (Lipinski definition) is 0. The van der Waals surface area contributed by atoms with Gasteiger partial charge < -0.3 is 0 Å². The number of halogens is 3. The molecule has 0 aliphatic rings. The van der Waals surface area contributed by atoms with E-state index in [1.54, 1.807) is 13.8 Å². The third kappa shape index (κ3) is 1.60. The van der Waals surface area contributed by atoms with Crippen molar-refractivity contribution in [2.75, 3.05) is 0 Å². The molecule has 1 aromatic rings. The summed E-state index contributed by atoms with van der Waals surface area (Å²) in [5.74, 6) is 0. The molecule has 0 aliphatic heterocycles. The van der Waals surface area contributed by atoms with Crippen LogP contribution in [-0.4, -0.2) is 9.78 Å². The highest BCUT2D eigenvalue weighted by Crippen LogP contribution is 2.28. The van der Waals surface area contributed by atoms with Gasteiger partial charge in [-0.05, 0) is 19.9 Å². The van der Waals surface area contributed by atoms with E-state index >= 15 is 0 Å². The van der Waals surface area contributed by atoms with Gasteiger partial charge in [0.15, 0.2) is 5.69 Å². The summed E-state index contributed by atoms with van der Waals surface area (Å²) < 4.78 is 37.4. The lowest BCUT2D eigenvalue weighted by Crippen LogP contribution is -2.07. The van der Waals surface area contributed by atoms with Crippen LogP contribution in [-0.2, 0) is 12.7 Å². The Balaban J connectivity index is 3.05. The largest absolute Gasteiger partial charge is 0.435 e. The molecular formula is C7H9F3N2. The van der Waals surface area contributed by atoms with E-state index in [9.17, 15) is 13.2 Å². The first-order valence-corrected chi connectivity index (χ1v) is 3.56. The molecule has 0 radical (unpaired) electrons. The molecule has 0 fully saturated rings. The molecule has 1 rings (SSSR count). The van der Waals surface area contributed by atoms with Crippen molar-refractivity contribution in [3.63, 3.8) is 0 Å². The topological polar surface area (TPSA) is 17.8 Å². The maximum absolute atomic E-state index is 12.0. The van der Waals surface area contributed by atoms with E-state index < -0.39 is 11.9 Å². The Morgan fingerprint density at radius 2 is 2.08 bits per heavy atom. The highest BCUT2D eigenvalue weighted by atomic mass is 19.4. The van der Waals surface area contributed by atoms with E-state index in [-0.39, 0.29) is 0 Å². The van der Waals surface area contributed by atoms with Crippen molar-refractivity contribution in [2.45, 2.75) is 26.6 Å². The first-order valence-electron chi connectivity index (χ1n) is 3.56. The molecule has 1 heterocycles. The molecule has 5 heteroatoms. The second-order valence-corrected chi connectivity index (χ2v) is 2.48. The van der Waals surface area contributed by atoms with Crippen molar-refractivity contribution >= 4 is 0 Å². The van der Waals surface area contributed by atoms with Gasteiger partial charge >= 0.3 is 6.18 Å². The fourth-order valence-corrected chi connectivity index (χ4v) is 0.969. The molecular weight excluding hydrogens is 169 g/mol. The van der Waals surface area contributed by atoms with Gasteiger partial charge in [-0.3, -0.25) is 4.68 Å². The predicted molar refractivity (Wildman–Crippen MR) is 37.6 cm³/mol. The summed E-state index contributed by atoms with van der Waals surface area (Å²) in [5.41, 5.74) is -0.285. The van der Waals surface area contributed by atoms with Crippen LogP contribution in [0.5, 0.6) is 0 Å². The van der Waals surface area contributed by atoms with Gasteiger partial charge in [-0.1, -0.05) is 0 Å². The van der Waals surface area contributed by atoms with Gasteiger partial charge in [0.2, 0.25) is 0 Å². The smallest absolute Gasteiger partial charge is 0.270 e. The minimum absolute atomic E-state index is 0.460. The maximum Gasteiger partial charge on any atom is 0.435 e. The number of rotatable bonds is 1. The van der Waals surface area contributed by atoms with Crippen LogP contribution < -0.4 is 0 Å². The van der Waals surface area contributed by atoms with Gasteiger partial charge in [0.1, 0.15) is 0 Å². The molecule has 0 aliphatic carbocycles. The van der Waals surface area contributed by atoms with Crippen molar-refractivity contribution in [3.05, 3.63) is 17.5 Å². The quantitative estimate of drug-likeness (QED) is 0.644. The highest BCUT2D eigenvalue weighted by Gasteiger charge is 2.34. The van der Waals surface area contributed by atoms with Gasteiger partial charge in [0, 0.05) is 12.2 Å². The fraction of sp³-hybridized carbons (Fsp3) is 0.571. The van der Waals surface area contributed by atoms with Gasteiger partial charge in [-0.25, -0.2) is 0 Å². The summed E-state index contributed by atoms with van der Waals surface area (Å²) in [4.78, 5) is 0. The minimum Gasteiger partial charge on any atom is -0.270 e. The number of aryl methyl sites for hydroxylation is 2. The molecule has 0 bridgehead atoms. The molecule has 0 saturated carbocycles. The number of hydrogen-bond acceptors (Lipinski definition) is 1. The molecule has 0 aromatic carbocycles. The third-order valence-corrected chi connectivity index (χ3v) is 1.57. The molecule has 68 valence electrons. The zero-order chi connectivity index (χ0) is 9.35. The first-order chi connectivity index (χ1) is 5.45. The average Bonchev–Trinajstić information content (AvgIpc) is 2.29. The second-order valence-electron chi connectivity index (χ2n) is 2.48. The van der Waals surface area contributed by atoms with Crippen molar-refractivity contribution in [2.24, 2.45) is 0 Å². The van der Waals surface area contributed by atoms with E-state index in [4.69, 9.17) is 0 Å². The first kappa shape index (κ1) is 9.09. The predicted octanol–water partition coefficient (Wildman–Crippen LogP) is 2.23. The molecule has 0 atom stereocenters. The maximum atomic E-state index is 12.0. The van der Waals surface area contributed by atoms with E-state index in [0.29, 0.717) is 12.2 Å². The number of nitrogens with zero attached hydrogens (tertiary/aromatic N) is 2. The van der Waals surface area contributed by atoms with Crippen molar-refractivity contribution < 1.29 is 13.2 Å². The monoisotopic (exact) mass is 178 g/mol. The van der Waals surface area contributed by atoms with Crippen LogP contribution in [0.25, 0.3) is 0 Å². The molecule has 1 aromatic heterocycles. The summed E-state index contributed by atoms with van der Waals surface area (Å²) >= 11 is 0. The number of aromatic nitrogens is 2. The lowest BCUT2D eigenvalue weighted by Gasteiger charge is -2.00. The molecule has 2 nitrogen and oxygen atoms in total. The summed E-state index contributed by atoms with van der Waals surface area (Å²) in [6.07, 6.45) is -4.33. The van der Waals surface area contributed by atoms with E-state index in [1.807, 2.05) is 0 Å². The summed E-state index contributed by atoms with van der Waals surface area (Å²) in [6, 6.07) is 1.05. The fourth-order valence-electron chi connectivity index (χ4n) is 0.969. The normalized spacial score (nSPS) is 12.1. The average molecular weight is 178 g/mol. The van der Waals surface area contributed by atoms with E-state index in [0.717, 1.165) is 6.07 Å². The standard InChI is InChI=1S/C7H9F3N2/c1-3-12-5(2)4-6(11-12)7(8,9)10/h4H,3H2,1-2H3. The van der Waals surface area contributed by atoms with Gasteiger partial charge in [0.05, 0.1) is 0 Å². The number of alkyl halides is 3. The summed E-state index contributed by atoms with van der Waals surface area (Å²) in [6.45, 7) is 3.81. The van der Waals surface area contributed by atoms with E-state index in [2.05, 4.69) is 5.10 Å². The summed E-state index contributed by atoms with van der Waals surface area (Å²) in [5, 5.41) is 3.39. The van der Waals surface area contributed by atoms with Gasteiger partial charge in [-0.2, -0.15) is 18.3 Å². The van der Waals surface area contributed by atoms with Crippen LogP contribution in [0.3, 0.4) is 0 Å². The highest BCUT2D eigenvalue weighted by molar-refractivity contribution is 5.11. The van der Waals surface area contributed by atoms with Crippen LogP contribution in [0.4, 0.5) is 13.2 Å². The van der Waals surface area contributed by atoms with Crippen molar-refractivity contribution in [1.82, 2.24) is 9.78 Å². The van der Waals surface area contributed by atoms with E-state index in [1.165, 1.54) is 4.68 Å². The van der Waals surface area contributed by atoms with Crippen LogP contribution in [0, 0.1) is 6.92 Å². The summed E-state index contributed by atoms with van der Waals surface area (Å²) in [7, 11) is 0. The third-order valence-electron chi connectivity index (χ3n) is 1.57. The van der Waals surface area contributed by atoms with Gasteiger partial charge in [-0.15, -0.1) is 0 Å². The molecule has 0 N–H and O–H groups in total. The zero-order valence-corrected chi connectivity index (χ0v) is 6.81. The Morgan fingerprint density at radius 1 is 1.50 bits per heavy atom. The SMILES string of the molecule is CCn1nc(C(F)(F)F)cc1C. The molecule has 0 spiro atoms. The van der Waals surface area contributed by atoms with Crippen molar-refractivity contribution in [1.29, 1.82) is 0 Å². The molecule has 0 saturated heterocycles. The second kappa shape index (κ2) is 2.80.